The zero-order valence-electron chi connectivity index (χ0n) is 15.8. The first kappa shape index (κ1) is 16.9. The summed E-state index contributed by atoms with van der Waals surface area (Å²) in [7, 11) is 0. The molecule has 0 bridgehead atoms. The Morgan fingerprint density at radius 1 is 1.00 bits per heavy atom. The summed E-state index contributed by atoms with van der Waals surface area (Å²) in [6.45, 7) is 5.71. The first-order valence-corrected chi connectivity index (χ1v) is 9.38. The Morgan fingerprint density at radius 2 is 1.82 bits per heavy atom. The normalized spacial score (nSPS) is 13.5. The van der Waals surface area contributed by atoms with Gasteiger partial charge in [-0.3, -0.25) is 4.98 Å². The van der Waals surface area contributed by atoms with Crippen molar-refractivity contribution in [3.63, 3.8) is 0 Å². The molecular weight excluding hydrogens is 352 g/mol. The van der Waals surface area contributed by atoms with Crippen molar-refractivity contribution in [2.75, 3.05) is 6.54 Å². The maximum absolute atomic E-state index is 5.68. The average Bonchev–Trinajstić information content (AvgIpc) is 3.37. The molecule has 1 aliphatic rings. The quantitative estimate of drug-likeness (QED) is 0.577. The Morgan fingerprint density at radius 3 is 2.61 bits per heavy atom. The smallest absolute Gasteiger partial charge is 0.258 e. The molecule has 5 rings (SSSR count). The van der Waals surface area contributed by atoms with Crippen LogP contribution in [0.4, 0.5) is 0 Å². The van der Waals surface area contributed by atoms with Gasteiger partial charge in [-0.05, 0) is 62.2 Å². The highest BCUT2D eigenvalue weighted by atomic mass is 16.5. The highest BCUT2D eigenvalue weighted by Crippen LogP contribution is 2.31. The third-order valence-corrected chi connectivity index (χ3v) is 5.14. The Balaban J connectivity index is 1.49. The van der Waals surface area contributed by atoms with Crippen LogP contribution in [0.3, 0.4) is 0 Å². The number of pyridine rings is 1. The molecule has 6 nitrogen and oxygen atoms in total. The summed E-state index contributed by atoms with van der Waals surface area (Å²) < 4.78 is 11.3. The molecular formula is C22H20N4O2. The van der Waals surface area contributed by atoms with Gasteiger partial charge >= 0.3 is 0 Å². The van der Waals surface area contributed by atoms with E-state index in [1.807, 2.05) is 56.4 Å². The van der Waals surface area contributed by atoms with Gasteiger partial charge in [-0.1, -0.05) is 17.3 Å². The summed E-state index contributed by atoms with van der Waals surface area (Å²) in [5.74, 6) is 2.85. The first-order chi connectivity index (χ1) is 13.7. The maximum atomic E-state index is 5.68. The zero-order valence-corrected chi connectivity index (χ0v) is 15.8. The molecule has 0 spiro atoms. The molecule has 4 aromatic rings. The molecule has 1 N–H and O–H groups in total. The van der Waals surface area contributed by atoms with Crippen LogP contribution in [0.5, 0.6) is 0 Å². The largest absolute Gasteiger partial charge is 0.461 e. The second-order valence-electron chi connectivity index (χ2n) is 7.06. The van der Waals surface area contributed by atoms with Gasteiger partial charge in [0.2, 0.25) is 5.82 Å². The molecule has 1 aliphatic heterocycles. The van der Waals surface area contributed by atoms with Crippen molar-refractivity contribution in [2.45, 2.75) is 26.8 Å². The Hall–Kier alpha value is -3.25. The van der Waals surface area contributed by atoms with Crippen molar-refractivity contribution >= 4 is 0 Å². The number of aryl methyl sites for hydroxylation is 2. The molecule has 3 aromatic heterocycles. The minimum absolute atomic E-state index is 0.503. The number of hydrogen-bond donors (Lipinski definition) is 1. The fraction of sp³-hybridized carbons (Fsp3) is 0.227. The van der Waals surface area contributed by atoms with Gasteiger partial charge < -0.3 is 14.3 Å². The molecule has 4 heterocycles. The highest BCUT2D eigenvalue weighted by molar-refractivity contribution is 5.68. The van der Waals surface area contributed by atoms with Gasteiger partial charge in [0.25, 0.3) is 5.89 Å². The molecule has 0 aliphatic carbocycles. The lowest BCUT2D eigenvalue weighted by Gasteiger charge is -2.19. The molecule has 0 saturated heterocycles. The number of hydrogen-bond acceptors (Lipinski definition) is 6. The summed E-state index contributed by atoms with van der Waals surface area (Å²) in [5, 5.41) is 7.63. The van der Waals surface area contributed by atoms with Crippen molar-refractivity contribution in [1.29, 1.82) is 0 Å². The van der Waals surface area contributed by atoms with Crippen molar-refractivity contribution < 1.29 is 8.94 Å². The molecule has 28 heavy (non-hydrogen) atoms. The predicted molar refractivity (Wildman–Crippen MR) is 106 cm³/mol. The van der Waals surface area contributed by atoms with Gasteiger partial charge in [-0.2, -0.15) is 4.98 Å². The summed E-state index contributed by atoms with van der Waals surface area (Å²) in [5.41, 5.74) is 6.29. The van der Waals surface area contributed by atoms with E-state index in [1.54, 1.807) is 0 Å². The topological polar surface area (TPSA) is 77.0 Å². The summed E-state index contributed by atoms with van der Waals surface area (Å²) in [6, 6.07) is 11.9. The van der Waals surface area contributed by atoms with Crippen molar-refractivity contribution in [3.05, 3.63) is 65.2 Å². The van der Waals surface area contributed by atoms with Crippen LogP contribution in [0.25, 0.3) is 34.2 Å². The fourth-order valence-electron chi connectivity index (χ4n) is 3.68. The molecule has 0 atom stereocenters. The van der Waals surface area contributed by atoms with E-state index in [4.69, 9.17) is 8.94 Å². The number of aromatic nitrogens is 3. The van der Waals surface area contributed by atoms with E-state index in [-0.39, 0.29) is 0 Å². The Kier molecular flexibility index (Phi) is 4.06. The van der Waals surface area contributed by atoms with Crippen LogP contribution in [-0.2, 0) is 13.0 Å². The molecule has 0 radical (unpaired) electrons. The van der Waals surface area contributed by atoms with Gasteiger partial charge in [0.05, 0.1) is 0 Å². The second-order valence-corrected chi connectivity index (χ2v) is 7.06. The molecule has 0 saturated carbocycles. The SMILES string of the molecule is Cc1ccc(-c2ccc(-c3nc(-c4c(C)ncc5c4CCNC5)no3)cc2)o1. The standard InChI is InChI=1S/C22H20N4O2/c1-13-3-8-19(27-13)15-4-6-16(7-5-15)22-25-21(26-28-22)20-14(2)24-12-17-11-23-10-9-18(17)20/h3-8,12,23H,9-11H2,1-2H3. The van der Waals surface area contributed by atoms with Crippen molar-refractivity contribution in [1.82, 2.24) is 20.4 Å². The molecule has 0 unspecified atom stereocenters. The van der Waals surface area contributed by atoms with Gasteiger partial charge in [0.15, 0.2) is 0 Å². The Labute approximate surface area is 162 Å². The molecule has 1 aromatic carbocycles. The van der Waals surface area contributed by atoms with Crippen LogP contribution in [0.2, 0.25) is 0 Å². The van der Waals surface area contributed by atoms with Crippen LogP contribution in [0, 0.1) is 13.8 Å². The van der Waals surface area contributed by atoms with E-state index in [0.717, 1.165) is 53.4 Å². The molecule has 6 heteroatoms. The highest BCUT2D eigenvalue weighted by Gasteiger charge is 2.21. The number of fused-ring (bicyclic) bond motifs is 1. The van der Waals surface area contributed by atoms with Crippen LogP contribution < -0.4 is 5.32 Å². The molecule has 140 valence electrons. The van der Waals surface area contributed by atoms with Crippen molar-refractivity contribution in [2.24, 2.45) is 0 Å². The van der Waals surface area contributed by atoms with E-state index in [0.29, 0.717) is 11.7 Å². The van der Waals surface area contributed by atoms with Gasteiger partial charge in [-0.25, -0.2) is 0 Å². The van der Waals surface area contributed by atoms with Crippen LogP contribution in [0.15, 0.2) is 51.5 Å². The van der Waals surface area contributed by atoms with Crippen molar-refractivity contribution in [3.8, 4) is 34.2 Å². The van der Waals surface area contributed by atoms with E-state index in [2.05, 4.69) is 20.4 Å². The third-order valence-electron chi connectivity index (χ3n) is 5.14. The van der Waals surface area contributed by atoms with E-state index >= 15 is 0 Å². The molecule has 0 fully saturated rings. The van der Waals surface area contributed by atoms with Gasteiger partial charge in [0, 0.05) is 35.1 Å². The minimum Gasteiger partial charge on any atom is -0.461 e. The van der Waals surface area contributed by atoms with E-state index < -0.39 is 0 Å². The van der Waals surface area contributed by atoms with Gasteiger partial charge in [-0.15, -0.1) is 0 Å². The number of furan rings is 1. The minimum atomic E-state index is 0.503. The lowest BCUT2D eigenvalue weighted by molar-refractivity contribution is 0.432. The monoisotopic (exact) mass is 372 g/mol. The van der Waals surface area contributed by atoms with Crippen LogP contribution in [-0.4, -0.2) is 21.7 Å². The number of nitrogens with zero attached hydrogens (tertiary/aromatic N) is 3. The zero-order chi connectivity index (χ0) is 19.1. The predicted octanol–water partition coefficient (Wildman–Crippen LogP) is 4.32. The number of nitrogens with one attached hydrogen (secondary N) is 1. The fourth-order valence-corrected chi connectivity index (χ4v) is 3.68. The summed E-state index contributed by atoms with van der Waals surface area (Å²) in [6.07, 6.45) is 2.88. The van der Waals surface area contributed by atoms with Crippen LogP contribution in [0.1, 0.15) is 22.6 Å². The number of benzene rings is 1. The lowest BCUT2D eigenvalue weighted by Crippen LogP contribution is -2.24. The lowest BCUT2D eigenvalue weighted by atomic mass is 9.95. The van der Waals surface area contributed by atoms with E-state index in [9.17, 15) is 0 Å². The maximum Gasteiger partial charge on any atom is 0.258 e. The molecule has 0 amide bonds. The number of rotatable bonds is 3. The second kappa shape index (κ2) is 6.73. The van der Waals surface area contributed by atoms with E-state index in [1.165, 1.54) is 11.1 Å². The Bertz CT molecular complexity index is 1140. The van der Waals surface area contributed by atoms with Crippen LogP contribution >= 0.6 is 0 Å². The first-order valence-electron chi connectivity index (χ1n) is 9.38. The van der Waals surface area contributed by atoms with Gasteiger partial charge in [0.1, 0.15) is 11.5 Å². The third kappa shape index (κ3) is 2.92. The average molecular weight is 372 g/mol. The summed E-state index contributed by atoms with van der Waals surface area (Å²) in [4.78, 5) is 9.19. The summed E-state index contributed by atoms with van der Waals surface area (Å²) >= 11 is 0.